The van der Waals surface area contributed by atoms with Crippen molar-refractivity contribution < 1.29 is 0 Å². The van der Waals surface area contributed by atoms with Gasteiger partial charge in [0.15, 0.2) is 0 Å². The number of hydrogen-bond acceptors (Lipinski definition) is 2. The summed E-state index contributed by atoms with van der Waals surface area (Å²) in [6.45, 7) is 3.01. The summed E-state index contributed by atoms with van der Waals surface area (Å²) >= 11 is 6.24. The van der Waals surface area contributed by atoms with Gasteiger partial charge in [-0.2, -0.15) is 5.10 Å². The molecule has 18 heavy (non-hydrogen) atoms. The lowest BCUT2D eigenvalue weighted by molar-refractivity contribution is 0.750. The summed E-state index contributed by atoms with van der Waals surface area (Å²) < 4.78 is 1.96. The Bertz CT molecular complexity index is 520. The van der Waals surface area contributed by atoms with Crippen LogP contribution in [-0.2, 0) is 13.0 Å². The molecule has 1 heterocycles. The summed E-state index contributed by atoms with van der Waals surface area (Å²) in [7, 11) is 1.95. The zero-order valence-electron chi connectivity index (χ0n) is 10.8. The van der Waals surface area contributed by atoms with Crippen molar-refractivity contribution in [3.8, 4) is 5.69 Å². The second-order valence-electron chi connectivity index (χ2n) is 4.26. The number of nitrogens with zero attached hydrogens (tertiary/aromatic N) is 2. The van der Waals surface area contributed by atoms with Gasteiger partial charge in [-0.15, -0.1) is 0 Å². The van der Waals surface area contributed by atoms with Gasteiger partial charge in [0.2, 0.25) is 0 Å². The van der Waals surface area contributed by atoms with E-state index < -0.39 is 0 Å². The quantitative estimate of drug-likeness (QED) is 0.898. The van der Waals surface area contributed by atoms with Gasteiger partial charge in [-0.25, -0.2) is 4.68 Å². The van der Waals surface area contributed by atoms with E-state index in [9.17, 15) is 0 Å². The van der Waals surface area contributed by atoms with Crippen LogP contribution in [0.15, 0.2) is 30.5 Å². The van der Waals surface area contributed by atoms with Crippen molar-refractivity contribution in [3.05, 3.63) is 46.7 Å². The average Bonchev–Trinajstić information content (AvgIpc) is 2.74. The highest BCUT2D eigenvalue weighted by Gasteiger charge is 2.12. The molecule has 0 saturated heterocycles. The summed E-state index contributed by atoms with van der Waals surface area (Å²) in [5.41, 5.74) is 3.42. The fourth-order valence-corrected chi connectivity index (χ4v) is 2.30. The first-order valence-corrected chi connectivity index (χ1v) is 6.61. The molecule has 0 spiro atoms. The Morgan fingerprint density at radius 1 is 1.33 bits per heavy atom. The normalized spacial score (nSPS) is 10.8. The number of nitrogens with one attached hydrogen (secondary N) is 1. The van der Waals surface area contributed by atoms with E-state index in [1.165, 1.54) is 11.3 Å². The van der Waals surface area contributed by atoms with E-state index in [1.54, 1.807) is 0 Å². The molecular formula is C14H18ClN3. The average molecular weight is 264 g/mol. The van der Waals surface area contributed by atoms with E-state index in [0.717, 1.165) is 30.1 Å². The molecule has 0 bridgehead atoms. The van der Waals surface area contributed by atoms with Gasteiger partial charge in [-0.1, -0.05) is 37.1 Å². The third-order valence-corrected chi connectivity index (χ3v) is 3.21. The van der Waals surface area contributed by atoms with Gasteiger partial charge in [-0.05, 0) is 25.6 Å². The first-order valence-electron chi connectivity index (χ1n) is 6.23. The fraction of sp³-hybridized carbons (Fsp3) is 0.357. The molecule has 0 amide bonds. The summed E-state index contributed by atoms with van der Waals surface area (Å²) in [5.74, 6) is 0. The highest BCUT2D eigenvalue weighted by molar-refractivity contribution is 6.32. The number of hydrogen-bond donors (Lipinski definition) is 1. The van der Waals surface area contributed by atoms with Crippen LogP contribution in [0.5, 0.6) is 0 Å². The number of aromatic nitrogens is 2. The second-order valence-corrected chi connectivity index (χ2v) is 4.67. The van der Waals surface area contributed by atoms with Crippen LogP contribution >= 0.6 is 11.6 Å². The molecule has 4 heteroatoms. The van der Waals surface area contributed by atoms with Gasteiger partial charge in [0.1, 0.15) is 0 Å². The minimum Gasteiger partial charge on any atom is -0.316 e. The molecule has 1 aromatic carbocycles. The maximum absolute atomic E-state index is 6.24. The lowest BCUT2D eigenvalue weighted by Gasteiger charge is -2.10. The van der Waals surface area contributed by atoms with E-state index >= 15 is 0 Å². The second kappa shape index (κ2) is 6.03. The van der Waals surface area contributed by atoms with Crippen LogP contribution in [0.4, 0.5) is 0 Å². The SMILES string of the molecule is CCCc1c(CNC)cnn1-c1ccccc1Cl. The van der Waals surface area contributed by atoms with Crippen LogP contribution in [0.2, 0.25) is 5.02 Å². The maximum atomic E-state index is 6.24. The van der Waals surface area contributed by atoms with Crippen molar-refractivity contribution in [2.24, 2.45) is 0 Å². The topological polar surface area (TPSA) is 29.9 Å². The smallest absolute Gasteiger partial charge is 0.0835 e. The molecule has 0 aliphatic heterocycles. The zero-order valence-corrected chi connectivity index (χ0v) is 11.5. The van der Waals surface area contributed by atoms with Gasteiger partial charge >= 0.3 is 0 Å². The molecular weight excluding hydrogens is 246 g/mol. The van der Waals surface area contributed by atoms with Crippen molar-refractivity contribution >= 4 is 11.6 Å². The van der Waals surface area contributed by atoms with Crippen molar-refractivity contribution in [1.82, 2.24) is 15.1 Å². The van der Waals surface area contributed by atoms with Crippen LogP contribution in [0.3, 0.4) is 0 Å². The Morgan fingerprint density at radius 2 is 2.11 bits per heavy atom. The van der Waals surface area contributed by atoms with E-state index in [1.807, 2.05) is 42.2 Å². The Kier molecular flexibility index (Phi) is 4.39. The van der Waals surface area contributed by atoms with Crippen molar-refractivity contribution in [2.75, 3.05) is 7.05 Å². The van der Waals surface area contributed by atoms with Crippen LogP contribution in [0, 0.1) is 0 Å². The first-order chi connectivity index (χ1) is 8.77. The molecule has 2 rings (SSSR count). The van der Waals surface area contributed by atoms with Gasteiger partial charge in [0.05, 0.1) is 16.9 Å². The predicted octanol–water partition coefficient (Wildman–Crippen LogP) is 3.20. The summed E-state index contributed by atoms with van der Waals surface area (Å²) in [6.07, 6.45) is 4.01. The van der Waals surface area contributed by atoms with E-state index in [-0.39, 0.29) is 0 Å². The Hall–Kier alpha value is -1.32. The van der Waals surface area contributed by atoms with Crippen molar-refractivity contribution in [3.63, 3.8) is 0 Å². The first kappa shape index (κ1) is 13.1. The molecule has 0 aliphatic rings. The third-order valence-electron chi connectivity index (χ3n) is 2.89. The van der Waals surface area contributed by atoms with Gasteiger partial charge in [0, 0.05) is 17.8 Å². The zero-order chi connectivity index (χ0) is 13.0. The van der Waals surface area contributed by atoms with E-state index in [0.29, 0.717) is 0 Å². The van der Waals surface area contributed by atoms with Crippen LogP contribution in [-0.4, -0.2) is 16.8 Å². The summed E-state index contributed by atoms with van der Waals surface area (Å²) in [6, 6.07) is 7.81. The third kappa shape index (κ3) is 2.57. The molecule has 1 N–H and O–H groups in total. The lowest BCUT2D eigenvalue weighted by Crippen LogP contribution is -2.09. The Morgan fingerprint density at radius 3 is 2.78 bits per heavy atom. The van der Waals surface area contributed by atoms with Crippen LogP contribution < -0.4 is 5.32 Å². The number of rotatable bonds is 5. The molecule has 0 atom stereocenters. The number of benzene rings is 1. The van der Waals surface area contributed by atoms with Gasteiger partial charge in [0.25, 0.3) is 0 Å². The van der Waals surface area contributed by atoms with E-state index in [2.05, 4.69) is 17.3 Å². The van der Waals surface area contributed by atoms with Crippen molar-refractivity contribution in [1.29, 1.82) is 0 Å². The van der Waals surface area contributed by atoms with Crippen LogP contribution in [0.1, 0.15) is 24.6 Å². The molecule has 0 unspecified atom stereocenters. The maximum Gasteiger partial charge on any atom is 0.0835 e. The minimum atomic E-state index is 0.731. The highest BCUT2D eigenvalue weighted by Crippen LogP contribution is 2.23. The molecule has 0 radical (unpaired) electrons. The monoisotopic (exact) mass is 263 g/mol. The molecule has 96 valence electrons. The Labute approximate surface area is 113 Å². The largest absolute Gasteiger partial charge is 0.316 e. The Balaban J connectivity index is 2.47. The highest BCUT2D eigenvalue weighted by atomic mass is 35.5. The standard InChI is InChI=1S/C14H18ClN3/c1-3-6-13-11(9-16-2)10-17-18(13)14-8-5-4-7-12(14)15/h4-5,7-8,10,16H,3,6,9H2,1-2H3. The fourth-order valence-electron chi connectivity index (χ4n) is 2.08. The molecule has 0 fully saturated rings. The van der Waals surface area contributed by atoms with Crippen molar-refractivity contribution in [2.45, 2.75) is 26.3 Å². The van der Waals surface area contributed by atoms with Gasteiger partial charge < -0.3 is 5.32 Å². The molecule has 3 nitrogen and oxygen atoms in total. The molecule has 0 saturated carbocycles. The molecule has 0 aliphatic carbocycles. The van der Waals surface area contributed by atoms with Crippen LogP contribution in [0.25, 0.3) is 5.69 Å². The van der Waals surface area contributed by atoms with Gasteiger partial charge in [-0.3, -0.25) is 0 Å². The molecule has 2 aromatic rings. The minimum absolute atomic E-state index is 0.731. The summed E-state index contributed by atoms with van der Waals surface area (Å²) in [5, 5.41) is 8.38. The number of halogens is 1. The number of para-hydroxylation sites is 1. The van der Waals surface area contributed by atoms with E-state index in [4.69, 9.17) is 11.6 Å². The molecule has 1 aromatic heterocycles. The lowest BCUT2D eigenvalue weighted by atomic mass is 10.1. The summed E-state index contributed by atoms with van der Waals surface area (Å²) in [4.78, 5) is 0. The predicted molar refractivity (Wildman–Crippen MR) is 75.3 cm³/mol.